The van der Waals surface area contributed by atoms with E-state index < -0.39 is 0 Å². The summed E-state index contributed by atoms with van der Waals surface area (Å²) < 4.78 is 0. The van der Waals surface area contributed by atoms with E-state index in [9.17, 15) is 4.79 Å². The number of para-hydroxylation sites is 1. The summed E-state index contributed by atoms with van der Waals surface area (Å²) in [7, 11) is 0. The lowest BCUT2D eigenvalue weighted by Crippen LogP contribution is -2.31. The Morgan fingerprint density at radius 1 is 1.30 bits per heavy atom. The number of rotatable bonds is 5. The van der Waals surface area contributed by atoms with Gasteiger partial charge in [-0.05, 0) is 32.4 Å². The SMILES string of the molecule is CCNc1nnc(C(=O)N(CC)c2ccccc2C)s1. The van der Waals surface area contributed by atoms with Gasteiger partial charge in [-0.15, -0.1) is 10.2 Å². The fourth-order valence-electron chi connectivity index (χ4n) is 1.94. The number of aryl methyl sites for hydroxylation is 1. The van der Waals surface area contributed by atoms with E-state index in [4.69, 9.17) is 0 Å². The molecule has 0 saturated heterocycles. The Hall–Kier alpha value is -1.95. The first-order chi connectivity index (χ1) is 9.67. The highest BCUT2D eigenvalue weighted by molar-refractivity contribution is 7.17. The predicted molar refractivity (Wildman–Crippen MR) is 82.6 cm³/mol. The molecule has 0 unspecified atom stereocenters. The molecule has 1 aromatic heterocycles. The van der Waals surface area contributed by atoms with Crippen LogP contribution in [0.5, 0.6) is 0 Å². The van der Waals surface area contributed by atoms with Crippen LogP contribution in [-0.2, 0) is 0 Å². The van der Waals surface area contributed by atoms with Gasteiger partial charge in [0.15, 0.2) is 0 Å². The van der Waals surface area contributed by atoms with Crippen LogP contribution in [0.4, 0.5) is 10.8 Å². The lowest BCUT2D eigenvalue weighted by atomic mass is 10.2. The van der Waals surface area contributed by atoms with E-state index in [1.807, 2.05) is 45.0 Å². The highest BCUT2D eigenvalue weighted by Gasteiger charge is 2.21. The second-order valence-electron chi connectivity index (χ2n) is 4.28. The van der Waals surface area contributed by atoms with Crippen molar-refractivity contribution in [2.75, 3.05) is 23.3 Å². The molecule has 0 aliphatic heterocycles. The summed E-state index contributed by atoms with van der Waals surface area (Å²) in [5.74, 6) is -0.108. The van der Waals surface area contributed by atoms with Gasteiger partial charge in [0.1, 0.15) is 0 Å². The van der Waals surface area contributed by atoms with Crippen LogP contribution in [0.2, 0.25) is 0 Å². The zero-order valence-corrected chi connectivity index (χ0v) is 12.7. The first-order valence-corrected chi connectivity index (χ1v) is 7.43. The number of nitrogens with one attached hydrogen (secondary N) is 1. The van der Waals surface area contributed by atoms with Crippen molar-refractivity contribution < 1.29 is 4.79 Å². The lowest BCUT2D eigenvalue weighted by molar-refractivity contribution is 0.0987. The zero-order chi connectivity index (χ0) is 14.5. The third-order valence-electron chi connectivity index (χ3n) is 2.90. The number of aromatic nitrogens is 2. The summed E-state index contributed by atoms with van der Waals surface area (Å²) in [5, 5.41) is 12.1. The van der Waals surface area contributed by atoms with Gasteiger partial charge in [0.2, 0.25) is 10.1 Å². The molecule has 1 amide bonds. The summed E-state index contributed by atoms with van der Waals surface area (Å²) >= 11 is 1.29. The van der Waals surface area contributed by atoms with Gasteiger partial charge < -0.3 is 10.2 Å². The molecule has 0 spiro atoms. The molecule has 0 atom stereocenters. The van der Waals surface area contributed by atoms with Crippen molar-refractivity contribution in [3.05, 3.63) is 34.8 Å². The van der Waals surface area contributed by atoms with Crippen molar-refractivity contribution in [1.29, 1.82) is 0 Å². The first kappa shape index (κ1) is 14.5. The molecule has 20 heavy (non-hydrogen) atoms. The maximum absolute atomic E-state index is 12.6. The van der Waals surface area contributed by atoms with Gasteiger partial charge in [-0.25, -0.2) is 0 Å². The average Bonchev–Trinajstić information content (AvgIpc) is 2.90. The van der Waals surface area contributed by atoms with E-state index >= 15 is 0 Å². The van der Waals surface area contributed by atoms with E-state index in [1.54, 1.807) is 4.90 Å². The monoisotopic (exact) mass is 290 g/mol. The van der Waals surface area contributed by atoms with Crippen LogP contribution in [0.3, 0.4) is 0 Å². The topological polar surface area (TPSA) is 58.1 Å². The molecule has 0 radical (unpaired) electrons. The minimum absolute atomic E-state index is 0.108. The molecule has 0 aliphatic carbocycles. The number of hydrogen-bond donors (Lipinski definition) is 1. The van der Waals surface area contributed by atoms with Crippen LogP contribution in [0, 0.1) is 6.92 Å². The van der Waals surface area contributed by atoms with Crippen molar-refractivity contribution in [3.8, 4) is 0 Å². The highest BCUT2D eigenvalue weighted by atomic mass is 32.1. The summed E-state index contributed by atoms with van der Waals surface area (Å²) in [6.45, 7) is 7.29. The smallest absolute Gasteiger partial charge is 0.289 e. The molecular formula is C14H18N4OS. The number of carbonyl (C=O) groups is 1. The Kier molecular flexibility index (Phi) is 4.68. The van der Waals surface area contributed by atoms with Crippen LogP contribution >= 0.6 is 11.3 Å². The van der Waals surface area contributed by atoms with Crippen molar-refractivity contribution >= 4 is 28.1 Å². The number of hydrogen-bond acceptors (Lipinski definition) is 5. The molecular weight excluding hydrogens is 272 g/mol. The van der Waals surface area contributed by atoms with E-state index in [0.29, 0.717) is 16.7 Å². The zero-order valence-electron chi connectivity index (χ0n) is 11.9. The molecule has 5 nitrogen and oxygen atoms in total. The first-order valence-electron chi connectivity index (χ1n) is 6.62. The summed E-state index contributed by atoms with van der Waals surface area (Å²) in [5.41, 5.74) is 1.99. The van der Waals surface area contributed by atoms with E-state index in [2.05, 4.69) is 15.5 Å². The second-order valence-corrected chi connectivity index (χ2v) is 5.26. The Bertz CT molecular complexity index is 596. The van der Waals surface area contributed by atoms with Gasteiger partial charge in [0, 0.05) is 18.8 Å². The van der Waals surface area contributed by atoms with Gasteiger partial charge in [0.25, 0.3) is 5.91 Å². The summed E-state index contributed by atoms with van der Waals surface area (Å²) in [6.07, 6.45) is 0. The summed E-state index contributed by atoms with van der Waals surface area (Å²) in [6, 6.07) is 7.84. The van der Waals surface area contributed by atoms with E-state index in [1.165, 1.54) is 11.3 Å². The third kappa shape index (κ3) is 2.96. The predicted octanol–water partition coefficient (Wildman–Crippen LogP) is 2.95. The Morgan fingerprint density at radius 2 is 2.05 bits per heavy atom. The molecule has 2 aromatic rings. The van der Waals surface area contributed by atoms with Crippen LogP contribution in [-0.4, -0.2) is 29.2 Å². The van der Waals surface area contributed by atoms with Crippen molar-refractivity contribution in [3.63, 3.8) is 0 Å². The molecule has 2 rings (SSSR count). The standard InChI is InChI=1S/C14H18N4OS/c1-4-15-14-17-16-12(20-14)13(19)18(5-2)11-9-7-6-8-10(11)3/h6-9H,4-5H2,1-3H3,(H,15,17). The Morgan fingerprint density at radius 3 is 2.70 bits per heavy atom. The maximum atomic E-state index is 12.6. The van der Waals surface area contributed by atoms with Gasteiger partial charge in [0.05, 0.1) is 0 Å². The molecule has 0 saturated carbocycles. The lowest BCUT2D eigenvalue weighted by Gasteiger charge is -2.21. The fourth-order valence-corrected chi connectivity index (χ4v) is 2.70. The molecule has 0 fully saturated rings. The summed E-state index contributed by atoms with van der Waals surface area (Å²) in [4.78, 5) is 14.3. The van der Waals surface area contributed by atoms with Crippen LogP contribution in [0.15, 0.2) is 24.3 Å². The number of benzene rings is 1. The van der Waals surface area contributed by atoms with Crippen molar-refractivity contribution in [2.24, 2.45) is 0 Å². The molecule has 1 heterocycles. The molecule has 6 heteroatoms. The molecule has 1 aromatic carbocycles. The quantitative estimate of drug-likeness (QED) is 0.920. The van der Waals surface area contributed by atoms with Gasteiger partial charge in [-0.2, -0.15) is 0 Å². The van der Waals surface area contributed by atoms with Gasteiger partial charge >= 0.3 is 0 Å². The second kappa shape index (κ2) is 6.47. The average molecular weight is 290 g/mol. The number of amides is 1. The Balaban J connectivity index is 2.27. The molecule has 1 N–H and O–H groups in total. The number of nitrogens with zero attached hydrogens (tertiary/aromatic N) is 3. The van der Waals surface area contributed by atoms with E-state index in [-0.39, 0.29) is 5.91 Å². The molecule has 0 aliphatic rings. The van der Waals surface area contributed by atoms with Crippen LogP contribution in [0.1, 0.15) is 29.2 Å². The van der Waals surface area contributed by atoms with Crippen molar-refractivity contribution in [2.45, 2.75) is 20.8 Å². The largest absolute Gasteiger partial charge is 0.360 e. The van der Waals surface area contributed by atoms with Crippen LogP contribution in [0.25, 0.3) is 0 Å². The highest BCUT2D eigenvalue weighted by Crippen LogP contribution is 2.23. The Labute approximate surface area is 122 Å². The van der Waals surface area contributed by atoms with Crippen LogP contribution < -0.4 is 10.2 Å². The van der Waals surface area contributed by atoms with E-state index in [0.717, 1.165) is 17.8 Å². The fraction of sp³-hybridized carbons (Fsp3) is 0.357. The molecule has 106 valence electrons. The third-order valence-corrected chi connectivity index (χ3v) is 3.77. The van der Waals surface area contributed by atoms with Crippen molar-refractivity contribution in [1.82, 2.24) is 10.2 Å². The maximum Gasteiger partial charge on any atom is 0.289 e. The van der Waals surface area contributed by atoms with Gasteiger partial charge in [-0.3, -0.25) is 4.79 Å². The number of anilines is 2. The normalized spacial score (nSPS) is 10.3. The minimum atomic E-state index is -0.108. The number of carbonyl (C=O) groups excluding carboxylic acids is 1. The van der Waals surface area contributed by atoms with Gasteiger partial charge in [-0.1, -0.05) is 29.5 Å². The minimum Gasteiger partial charge on any atom is -0.360 e. The molecule has 0 bridgehead atoms.